The summed E-state index contributed by atoms with van der Waals surface area (Å²) in [5.41, 5.74) is 3.07. The van der Waals surface area contributed by atoms with Crippen LogP contribution in [0.1, 0.15) is 22.8 Å². The van der Waals surface area contributed by atoms with Crippen molar-refractivity contribution in [2.24, 2.45) is 4.99 Å². The fraction of sp³-hybridized carbons (Fsp3) is 0.111. The molecule has 2 aromatic carbocycles. The quantitative estimate of drug-likeness (QED) is 0.736. The molecule has 0 aliphatic heterocycles. The van der Waals surface area contributed by atoms with Crippen LogP contribution in [0.2, 0.25) is 0 Å². The SMILES string of the molecule is CCn1cc(C=Nc2cccc(C(=O)O)c2)c2ccccc21. The first-order valence-corrected chi connectivity index (χ1v) is 7.14. The predicted molar refractivity (Wildman–Crippen MR) is 88.3 cm³/mol. The maximum absolute atomic E-state index is 11.0. The summed E-state index contributed by atoms with van der Waals surface area (Å²) in [4.78, 5) is 15.4. The number of aliphatic imine (C=N–C) groups is 1. The summed E-state index contributed by atoms with van der Waals surface area (Å²) in [6.45, 7) is 2.99. The van der Waals surface area contributed by atoms with Crippen molar-refractivity contribution in [2.45, 2.75) is 13.5 Å². The van der Waals surface area contributed by atoms with E-state index in [1.807, 2.05) is 12.1 Å². The smallest absolute Gasteiger partial charge is 0.335 e. The second-order valence-electron chi connectivity index (χ2n) is 5.00. The van der Waals surface area contributed by atoms with Crippen LogP contribution in [-0.4, -0.2) is 21.9 Å². The van der Waals surface area contributed by atoms with Gasteiger partial charge in [-0.1, -0.05) is 24.3 Å². The third kappa shape index (κ3) is 2.63. The van der Waals surface area contributed by atoms with Gasteiger partial charge < -0.3 is 9.67 Å². The number of carboxylic acid groups (broad SMARTS) is 1. The lowest BCUT2D eigenvalue weighted by Crippen LogP contribution is -1.94. The predicted octanol–water partition coefficient (Wildman–Crippen LogP) is 4.11. The second-order valence-corrected chi connectivity index (χ2v) is 5.00. The third-order valence-electron chi connectivity index (χ3n) is 3.61. The molecule has 0 fully saturated rings. The van der Waals surface area contributed by atoms with Gasteiger partial charge in [-0.05, 0) is 31.2 Å². The van der Waals surface area contributed by atoms with Crippen molar-refractivity contribution in [3.8, 4) is 0 Å². The Morgan fingerprint density at radius 3 is 2.82 bits per heavy atom. The van der Waals surface area contributed by atoms with E-state index in [9.17, 15) is 4.79 Å². The molecule has 4 heteroatoms. The van der Waals surface area contributed by atoms with Crippen molar-refractivity contribution in [1.29, 1.82) is 0 Å². The Hall–Kier alpha value is -2.88. The summed E-state index contributed by atoms with van der Waals surface area (Å²) >= 11 is 0. The van der Waals surface area contributed by atoms with Crippen LogP contribution in [0, 0.1) is 0 Å². The molecule has 0 saturated heterocycles. The maximum Gasteiger partial charge on any atom is 0.335 e. The molecule has 0 amide bonds. The van der Waals surface area contributed by atoms with Gasteiger partial charge in [-0.25, -0.2) is 4.79 Å². The van der Waals surface area contributed by atoms with Gasteiger partial charge in [-0.3, -0.25) is 4.99 Å². The lowest BCUT2D eigenvalue weighted by Gasteiger charge is -1.97. The van der Waals surface area contributed by atoms with Crippen LogP contribution in [0.3, 0.4) is 0 Å². The molecule has 1 aromatic heterocycles. The van der Waals surface area contributed by atoms with Gasteiger partial charge in [0.15, 0.2) is 0 Å². The van der Waals surface area contributed by atoms with E-state index >= 15 is 0 Å². The zero-order valence-corrected chi connectivity index (χ0v) is 12.2. The molecule has 1 N–H and O–H groups in total. The van der Waals surface area contributed by atoms with Crippen LogP contribution >= 0.6 is 0 Å². The highest BCUT2D eigenvalue weighted by molar-refractivity contribution is 6.00. The van der Waals surface area contributed by atoms with Crippen molar-refractivity contribution in [3.63, 3.8) is 0 Å². The first-order chi connectivity index (χ1) is 10.7. The fourth-order valence-corrected chi connectivity index (χ4v) is 2.50. The molecule has 22 heavy (non-hydrogen) atoms. The molecular weight excluding hydrogens is 276 g/mol. The number of aromatic carboxylic acids is 1. The fourth-order valence-electron chi connectivity index (χ4n) is 2.50. The number of hydrogen-bond donors (Lipinski definition) is 1. The summed E-state index contributed by atoms with van der Waals surface area (Å²) in [6.07, 6.45) is 3.85. The molecule has 3 aromatic rings. The van der Waals surface area contributed by atoms with Gasteiger partial charge in [0.1, 0.15) is 0 Å². The van der Waals surface area contributed by atoms with Crippen molar-refractivity contribution in [3.05, 3.63) is 65.9 Å². The number of nitrogens with zero attached hydrogens (tertiary/aromatic N) is 2. The molecule has 0 unspecified atom stereocenters. The van der Waals surface area contributed by atoms with Gasteiger partial charge in [-0.15, -0.1) is 0 Å². The Kier molecular flexibility index (Phi) is 3.74. The van der Waals surface area contributed by atoms with Gasteiger partial charge in [0.2, 0.25) is 0 Å². The Bertz CT molecular complexity index is 862. The van der Waals surface area contributed by atoms with Crippen LogP contribution in [0.5, 0.6) is 0 Å². The molecule has 1 heterocycles. The Balaban J connectivity index is 1.99. The summed E-state index contributed by atoms with van der Waals surface area (Å²) < 4.78 is 2.17. The van der Waals surface area contributed by atoms with Gasteiger partial charge >= 0.3 is 5.97 Å². The summed E-state index contributed by atoms with van der Waals surface area (Å²) in [6, 6.07) is 14.8. The molecule has 110 valence electrons. The molecule has 0 spiro atoms. The van der Waals surface area contributed by atoms with Gasteiger partial charge in [0.25, 0.3) is 0 Å². The van der Waals surface area contributed by atoms with Crippen LogP contribution in [0.4, 0.5) is 5.69 Å². The number of aromatic nitrogens is 1. The molecule has 4 nitrogen and oxygen atoms in total. The van der Waals surface area contributed by atoms with E-state index in [0.717, 1.165) is 17.5 Å². The van der Waals surface area contributed by atoms with Crippen LogP contribution in [-0.2, 0) is 6.54 Å². The molecule has 3 rings (SSSR count). The number of rotatable bonds is 4. The Morgan fingerprint density at radius 2 is 2.05 bits per heavy atom. The summed E-state index contributed by atoms with van der Waals surface area (Å²) in [5, 5.41) is 10.2. The minimum Gasteiger partial charge on any atom is -0.478 e. The standard InChI is InChI=1S/C18H16N2O2/c1-2-20-12-14(16-8-3-4-9-17(16)20)11-19-15-7-5-6-13(10-15)18(21)22/h3-12H,2H2,1H3,(H,21,22). The van der Waals surface area contributed by atoms with Gasteiger partial charge in [0, 0.05) is 35.4 Å². The number of para-hydroxylation sites is 1. The number of carboxylic acids is 1. The minimum atomic E-state index is -0.945. The molecule has 0 saturated carbocycles. The number of aryl methyl sites for hydroxylation is 1. The van der Waals surface area contributed by atoms with Crippen LogP contribution < -0.4 is 0 Å². The highest BCUT2D eigenvalue weighted by Gasteiger charge is 2.05. The number of fused-ring (bicyclic) bond motifs is 1. The number of benzene rings is 2. The maximum atomic E-state index is 11.0. The summed E-state index contributed by atoms with van der Waals surface area (Å²) in [5.74, 6) is -0.945. The highest BCUT2D eigenvalue weighted by Crippen LogP contribution is 2.21. The molecule has 0 aliphatic rings. The molecule has 0 radical (unpaired) electrons. The second kappa shape index (κ2) is 5.85. The molecule has 0 aliphatic carbocycles. The molecular formula is C18H16N2O2. The van der Waals surface area contributed by atoms with Crippen molar-refractivity contribution in [2.75, 3.05) is 0 Å². The van der Waals surface area contributed by atoms with Crippen LogP contribution in [0.15, 0.2) is 59.7 Å². The average molecular weight is 292 g/mol. The van der Waals surface area contributed by atoms with E-state index in [1.54, 1.807) is 30.5 Å². The van der Waals surface area contributed by atoms with Crippen molar-refractivity contribution < 1.29 is 9.90 Å². The van der Waals surface area contributed by atoms with E-state index in [-0.39, 0.29) is 5.56 Å². The van der Waals surface area contributed by atoms with E-state index in [0.29, 0.717) is 5.69 Å². The van der Waals surface area contributed by atoms with E-state index in [4.69, 9.17) is 5.11 Å². The largest absolute Gasteiger partial charge is 0.478 e. The summed E-state index contributed by atoms with van der Waals surface area (Å²) in [7, 11) is 0. The number of hydrogen-bond acceptors (Lipinski definition) is 2. The van der Waals surface area contributed by atoms with Crippen molar-refractivity contribution >= 4 is 28.8 Å². The Labute approximate surface area is 128 Å². The molecule has 0 atom stereocenters. The van der Waals surface area contributed by atoms with Crippen molar-refractivity contribution in [1.82, 2.24) is 4.57 Å². The monoisotopic (exact) mass is 292 g/mol. The highest BCUT2D eigenvalue weighted by atomic mass is 16.4. The zero-order valence-electron chi connectivity index (χ0n) is 12.2. The van der Waals surface area contributed by atoms with E-state index in [1.165, 1.54) is 5.52 Å². The topological polar surface area (TPSA) is 54.6 Å². The Morgan fingerprint density at radius 1 is 1.23 bits per heavy atom. The van der Waals surface area contributed by atoms with Gasteiger partial charge in [-0.2, -0.15) is 0 Å². The first-order valence-electron chi connectivity index (χ1n) is 7.14. The number of carbonyl (C=O) groups is 1. The van der Waals surface area contributed by atoms with Crippen LogP contribution in [0.25, 0.3) is 10.9 Å². The zero-order chi connectivity index (χ0) is 15.5. The molecule has 0 bridgehead atoms. The average Bonchev–Trinajstić information content (AvgIpc) is 2.91. The first kappa shape index (κ1) is 14.1. The normalized spacial score (nSPS) is 11.3. The van der Waals surface area contributed by atoms with E-state index in [2.05, 4.69) is 34.8 Å². The van der Waals surface area contributed by atoms with E-state index < -0.39 is 5.97 Å². The lowest BCUT2D eigenvalue weighted by atomic mass is 10.2. The van der Waals surface area contributed by atoms with Gasteiger partial charge in [0.05, 0.1) is 11.3 Å². The minimum absolute atomic E-state index is 0.241. The lowest BCUT2D eigenvalue weighted by molar-refractivity contribution is 0.0697. The third-order valence-corrected chi connectivity index (χ3v) is 3.61.